The molecule has 1 heterocycles. The van der Waals surface area contributed by atoms with Gasteiger partial charge in [0.05, 0.1) is 12.6 Å². The number of nitrogens with two attached hydrogens (primary N) is 1. The Balaban J connectivity index is 2.51. The van der Waals surface area contributed by atoms with Crippen molar-refractivity contribution in [2.24, 2.45) is 17.7 Å². The number of nitrogens with one attached hydrogen (secondary N) is 1. The summed E-state index contributed by atoms with van der Waals surface area (Å²) in [5.41, 5.74) is 2.25. The molecule has 5 heteroatoms. The van der Waals surface area contributed by atoms with Crippen LogP contribution in [-0.4, -0.2) is 43.7 Å². The molecule has 1 aliphatic rings. The number of carbonyl (C=O) groups is 1. The second-order valence-corrected chi connectivity index (χ2v) is 5.22. The summed E-state index contributed by atoms with van der Waals surface area (Å²) in [4.78, 5) is 13.8. The molecule has 0 saturated carbocycles. The molecular weight excluding hydrogens is 218 g/mol. The van der Waals surface area contributed by atoms with E-state index < -0.39 is 0 Å². The minimum Gasteiger partial charge on any atom is -0.381 e. The summed E-state index contributed by atoms with van der Waals surface area (Å²) in [6.07, 6.45) is 2.30. The van der Waals surface area contributed by atoms with Crippen LogP contribution in [0.5, 0.6) is 0 Å². The Morgan fingerprint density at radius 3 is 2.76 bits per heavy atom. The number of ether oxygens (including phenoxy) is 1. The molecule has 3 N–H and O–H groups in total. The van der Waals surface area contributed by atoms with E-state index in [0.717, 1.165) is 26.2 Å². The molecule has 1 rings (SSSR count). The lowest BCUT2D eigenvalue weighted by molar-refractivity contribution is -0.128. The highest BCUT2D eigenvalue weighted by Gasteiger charge is 2.28. The van der Waals surface area contributed by atoms with E-state index in [-0.39, 0.29) is 17.9 Å². The van der Waals surface area contributed by atoms with Gasteiger partial charge in [-0.1, -0.05) is 13.8 Å². The Morgan fingerprint density at radius 1 is 1.59 bits per heavy atom. The standard InChI is InChI=1S/C12H25N3O2/c1-9(2)11(12(16)14-13)15(3)7-10-5-4-6-17-8-10/h9-11H,4-8,13H2,1-3H3,(H,14,16). The molecule has 5 nitrogen and oxygen atoms in total. The fourth-order valence-electron chi connectivity index (χ4n) is 2.57. The Morgan fingerprint density at radius 2 is 2.29 bits per heavy atom. The Kier molecular flexibility index (Phi) is 5.88. The van der Waals surface area contributed by atoms with Gasteiger partial charge >= 0.3 is 0 Å². The fourth-order valence-corrected chi connectivity index (χ4v) is 2.57. The van der Waals surface area contributed by atoms with Gasteiger partial charge in [0.15, 0.2) is 0 Å². The molecule has 1 fully saturated rings. The molecule has 2 unspecified atom stereocenters. The van der Waals surface area contributed by atoms with E-state index >= 15 is 0 Å². The second kappa shape index (κ2) is 6.93. The topological polar surface area (TPSA) is 67.6 Å². The van der Waals surface area contributed by atoms with Gasteiger partial charge in [0.2, 0.25) is 0 Å². The van der Waals surface area contributed by atoms with Crippen molar-refractivity contribution >= 4 is 5.91 Å². The van der Waals surface area contributed by atoms with E-state index in [0.29, 0.717) is 5.92 Å². The number of amides is 1. The molecular formula is C12H25N3O2. The Hall–Kier alpha value is -0.650. The lowest BCUT2D eigenvalue weighted by Gasteiger charge is -2.33. The van der Waals surface area contributed by atoms with Gasteiger partial charge in [-0.3, -0.25) is 15.1 Å². The Bertz CT molecular complexity index is 240. The van der Waals surface area contributed by atoms with Crippen molar-refractivity contribution in [3.63, 3.8) is 0 Å². The fraction of sp³-hybridized carbons (Fsp3) is 0.917. The first kappa shape index (κ1) is 14.4. The number of rotatable bonds is 5. The molecule has 0 spiro atoms. The van der Waals surface area contributed by atoms with E-state index in [2.05, 4.69) is 10.3 Å². The third kappa shape index (κ3) is 4.26. The van der Waals surface area contributed by atoms with Crippen molar-refractivity contribution in [3.8, 4) is 0 Å². The highest BCUT2D eigenvalue weighted by molar-refractivity contribution is 5.81. The maximum atomic E-state index is 11.7. The molecule has 0 aliphatic carbocycles. The van der Waals surface area contributed by atoms with Crippen molar-refractivity contribution in [3.05, 3.63) is 0 Å². The van der Waals surface area contributed by atoms with E-state index in [9.17, 15) is 4.79 Å². The van der Waals surface area contributed by atoms with Gasteiger partial charge in [0.1, 0.15) is 0 Å². The lowest BCUT2D eigenvalue weighted by atomic mass is 9.97. The van der Waals surface area contributed by atoms with Crippen LogP contribution in [-0.2, 0) is 9.53 Å². The average Bonchev–Trinajstić information content (AvgIpc) is 2.29. The maximum Gasteiger partial charge on any atom is 0.251 e. The zero-order chi connectivity index (χ0) is 12.8. The maximum absolute atomic E-state index is 11.7. The normalized spacial score (nSPS) is 22.8. The third-order valence-electron chi connectivity index (χ3n) is 3.32. The van der Waals surface area contributed by atoms with Crippen molar-refractivity contribution < 1.29 is 9.53 Å². The molecule has 0 aromatic carbocycles. The van der Waals surface area contributed by atoms with Gasteiger partial charge in [-0.25, -0.2) is 5.84 Å². The predicted octanol–water partition coefficient (Wildman–Crippen LogP) is 0.359. The van der Waals surface area contributed by atoms with Crippen LogP contribution in [0.25, 0.3) is 0 Å². The Labute approximate surface area is 104 Å². The van der Waals surface area contributed by atoms with E-state index in [1.165, 1.54) is 6.42 Å². The highest BCUT2D eigenvalue weighted by atomic mass is 16.5. The molecule has 0 bridgehead atoms. The number of nitrogens with zero attached hydrogens (tertiary/aromatic N) is 1. The summed E-state index contributed by atoms with van der Waals surface area (Å²) in [7, 11) is 1.98. The quantitative estimate of drug-likeness (QED) is 0.415. The number of hydrogen-bond donors (Lipinski definition) is 2. The molecule has 0 aromatic rings. The molecule has 0 aromatic heterocycles. The van der Waals surface area contributed by atoms with E-state index in [4.69, 9.17) is 10.6 Å². The summed E-state index contributed by atoms with van der Waals surface area (Å²) in [6, 6.07) is -0.165. The van der Waals surface area contributed by atoms with Crippen LogP contribution in [0.3, 0.4) is 0 Å². The van der Waals surface area contributed by atoms with Crippen molar-refractivity contribution in [2.75, 3.05) is 26.8 Å². The van der Waals surface area contributed by atoms with Crippen LogP contribution in [0.4, 0.5) is 0 Å². The molecule has 1 aliphatic heterocycles. The molecule has 17 heavy (non-hydrogen) atoms. The lowest BCUT2D eigenvalue weighted by Crippen LogP contribution is -2.51. The SMILES string of the molecule is CC(C)C(C(=O)NN)N(C)CC1CCCOC1. The number of hydrazine groups is 1. The predicted molar refractivity (Wildman–Crippen MR) is 67.1 cm³/mol. The number of likely N-dealkylation sites (N-methyl/N-ethyl adjacent to an activating group) is 1. The van der Waals surface area contributed by atoms with Crippen molar-refractivity contribution in [2.45, 2.75) is 32.7 Å². The third-order valence-corrected chi connectivity index (χ3v) is 3.32. The first-order valence-corrected chi connectivity index (χ1v) is 6.34. The first-order valence-electron chi connectivity index (χ1n) is 6.34. The van der Waals surface area contributed by atoms with Crippen molar-refractivity contribution in [1.82, 2.24) is 10.3 Å². The summed E-state index contributed by atoms with van der Waals surface area (Å²) in [5.74, 6) is 5.89. The smallest absolute Gasteiger partial charge is 0.251 e. The number of carbonyl (C=O) groups excluding carboxylic acids is 1. The van der Waals surface area contributed by atoms with Gasteiger partial charge in [-0.05, 0) is 31.7 Å². The minimum atomic E-state index is -0.165. The van der Waals surface area contributed by atoms with Crippen LogP contribution in [0.15, 0.2) is 0 Å². The summed E-state index contributed by atoms with van der Waals surface area (Å²) in [6.45, 7) is 6.63. The average molecular weight is 243 g/mol. The molecule has 100 valence electrons. The van der Waals surface area contributed by atoms with Gasteiger partial charge in [-0.15, -0.1) is 0 Å². The van der Waals surface area contributed by atoms with Crippen LogP contribution >= 0.6 is 0 Å². The molecule has 1 amide bonds. The van der Waals surface area contributed by atoms with E-state index in [1.807, 2.05) is 20.9 Å². The van der Waals surface area contributed by atoms with Crippen LogP contribution < -0.4 is 11.3 Å². The van der Waals surface area contributed by atoms with Crippen LogP contribution in [0.1, 0.15) is 26.7 Å². The summed E-state index contributed by atoms with van der Waals surface area (Å²) in [5, 5.41) is 0. The summed E-state index contributed by atoms with van der Waals surface area (Å²) >= 11 is 0. The van der Waals surface area contributed by atoms with Crippen molar-refractivity contribution in [1.29, 1.82) is 0 Å². The first-order chi connectivity index (χ1) is 8.06. The zero-order valence-corrected chi connectivity index (χ0v) is 11.1. The molecule has 1 saturated heterocycles. The van der Waals surface area contributed by atoms with Gasteiger partial charge in [0.25, 0.3) is 5.91 Å². The van der Waals surface area contributed by atoms with E-state index in [1.54, 1.807) is 0 Å². The highest BCUT2D eigenvalue weighted by Crippen LogP contribution is 2.17. The van der Waals surface area contributed by atoms with Crippen LogP contribution in [0.2, 0.25) is 0 Å². The second-order valence-electron chi connectivity index (χ2n) is 5.22. The molecule has 0 radical (unpaired) electrons. The van der Waals surface area contributed by atoms with Gasteiger partial charge in [-0.2, -0.15) is 0 Å². The van der Waals surface area contributed by atoms with Gasteiger partial charge in [0, 0.05) is 13.2 Å². The zero-order valence-electron chi connectivity index (χ0n) is 11.1. The van der Waals surface area contributed by atoms with Crippen LogP contribution in [0, 0.1) is 11.8 Å². The monoisotopic (exact) mass is 243 g/mol. The van der Waals surface area contributed by atoms with Gasteiger partial charge < -0.3 is 4.74 Å². The largest absolute Gasteiger partial charge is 0.381 e. The molecule has 2 atom stereocenters. The summed E-state index contributed by atoms with van der Waals surface area (Å²) < 4.78 is 5.46. The number of hydrogen-bond acceptors (Lipinski definition) is 4. The minimum absolute atomic E-state index is 0.112.